The Morgan fingerprint density at radius 1 is 1.21 bits per heavy atom. The molecular formula is C13H21N3O3. The van der Waals surface area contributed by atoms with Gasteiger partial charge in [-0.3, -0.25) is 9.59 Å². The van der Waals surface area contributed by atoms with Crippen LogP contribution in [0.15, 0.2) is 5.16 Å². The lowest BCUT2D eigenvalue weighted by Crippen LogP contribution is -2.48. The predicted molar refractivity (Wildman–Crippen MR) is 70.1 cm³/mol. The number of carbonyl (C=O) groups is 2. The van der Waals surface area contributed by atoms with Crippen molar-refractivity contribution in [1.82, 2.24) is 9.80 Å². The second-order valence-electron chi connectivity index (χ2n) is 5.09. The third kappa shape index (κ3) is 2.72. The van der Waals surface area contributed by atoms with Crippen molar-refractivity contribution in [2.24, 2.45) is 5.16 Å². The van der Waals surface area contributed by atoms with Gasteiger partial charge in [-0.15, -0.1) is 0 Å². The maximum atomic E-state index is 12.4. The number of oxime groups is 1. The molecule has 0 aromatic carbocycles. The number of likely N-dealkylation sites (tertiary alicyclic amines) is 2. The van der Waals surface area contributed by atoms with Crippen LogP contribution in [0.2, 0.25) is 0 Å². The maximum absolute atomic E-state index is 12.4. The van der Waals surface area contributed by atoms with E-state index in [2.05, 4.69) is 5.16 Å². The molecule has 2 aliphatic heterocycles. The van der Waals surface area contributed by atoms with E-state index in [0.717, 1.165) is 32.4 Å². The Labute approximate surface area is 113 Å². The minimum Gasteiger partial charge on any atom is -0.410 e. The molecule has 2 heterocycles. The van der Waals surface area contributed by atoms with E-state index in [9.17, 15) is 9.59 Å². The molecule has 19 heavy (non-hydrogen) atoms. The van der Waals surface area contributed by atoms with Crippen molar-refractivity contribution >= 4 is 17.5 Å². The van der Waals surface area contributed by atoms with Crippen LogP contribution < -0.4 is 0 Å². The first-order chi connectivity index (χ1) is 9.19. The van der Waals surface area contributed by atoms with Crippen molar-refractivity contribution in [3.63, 3.8) is 0 Å². The molecule has 2 aliphatic rings. The minimum absolute atomic E-state index is 0.0525. The molecule has 1 atom stereocenters. The maximum Gasteiger partial charge on any atom is 0.272 e. The molecule has 0 saturated carbocycles. The van der Waals surface area contributed by atoms with Gasteiger partial charge in [-0.1, -0.05) is 12.1 Å². The Hall–Kier alpha value is -1.59. The summed E-state index contributed by atoms with van der Waals surface area (Å²) in [5.74, 6) is -0.253. The Kier molecular flexibility index (Phi) is 4.39. The summed E-state index contributed by atoms with van der Waals surface area (Å²) in [6.07, 6.45) is 4.01. The highest BCUT2D eigenvalue weighted by atomic mass is 16.4. The SMILES string of the molecule is CC/C(=N\O)C(=O)N1CCC[C@H]1C(=O)N1CCCC1. The lowest BCUT2D eigenvalue weighted by molar-refractivity contribution is -0.140. The first-order valence-corrected chi connectivity index (χ1v) is 6.99. The average molecular weight is 267 g/mol. The highest BCUT2D eigenvalue weighted by molar-refractivity contribution is 6.38. The van der Waals surface area contributed by atoms with E-state index in [-0.39, 0.29) is 23.6 Å². The van der Waals surface area contributed by atoms with Crippen molar-refractivity contribution in [3.05, 3.63) is 0 Å². The minimum atomic E-state index is -0.367. The number of hydrogen-bond acceptors (Lipinski definition) is 4. The number of carbonyl (C=O) groups excluding carboxylic acids is 2. The topological polar surface area (TPSA) is 73.2 Å². The molecule has 2 saturated heterocycles. The molecule has 0 aromatic rings. The third-order valence-corrected chi connectivity index (χ3v) is 3.92. The van der Waals surface area contributed by atoms with E-state index >= 15 is 0 Å². The normalized spacial score (nSPS) is 24.1. The van der Waals surface area contributed by atoms with Crippen LogP contribution in [0.4, 0.5) is 0 Å². The Bertz CT molecular complexity index is 389. The fourth-order valence-electron chi connectivity index (χ4n) is 2.85. The zero-order valence-corrected chi connectivity index (χ0v) is 11.3. The van der Waals surface area contributed by atoms with Crippen LogP contribution >= 0.6 is 0 Å². The Morgan fingerprint density at radius 3 is 2.47 bits per heavy atom. The summed E-state index contributed by atoms with van der Waals surface area (Å²) < 4.78 is 0. The summed E-state index contributed by atoms with van der Waals surface area (Å²) >= 11 is 0. The lowest BCUT2D eigenvalue weighted by atomic mass is 10.1. The molecule has 0 aromatic heterocycles. The molecule has 0 aliphatic carbocycles. The van der Waals surface area contributed by atoms with E-state index in [4.69, 9.17) is 5.21 Å². The second-order valence-corrected chi connectivity index (χ2v) is 5.09. The highest BCUT2D eigenvalue weighted by Gasteiger charge is 2.38. The van der Waals surface area contributed by atoms with Crippen LogP contribution in [-0.4, -0.2) is 58.2 Å². The van der Waals surface area contributed by atoms with E-state index in [1.807, 2.05) is 4.90 Å². The molecule has 0 radical (unpaired) electrons. The summed E-state index contributed by atoms with van der Waals surface area (Å²) in [7, 11) is 0. The molecule has 0 spiro atoms. The summed E-state index contributed by atoms with van der Waals surface area (Å²) in [5, 5.41) is 11.9. The van der Waals surface area contributed by atoms with Crippen LogP contribution in [0.3, 0.4) is 0 Å². The van der Waals surface area contributed by atoms with Gasteiger partial charge in [-0.2, -0.15) is 0 Å². The number of nitrogens with zero attached hydrogens (tertiary/aromatic N) is 3. The van der Waals surface area contributed by atoms with E-state index in [1.165, 1.54) is 0 Å². The molecule has 2 amide bonds. The number of rotatable bonds is 3. The van der Waals surface area contributed by atoms with Gasteiger partial charge in [-0.05, 0) is 32.1 Å². The Balaban J connectivity index is 2.08. The summed E-state index contributed by atoms with van der Waals surface area (Å²) in [5.41, 5.74) is 0.126. The van der Waals surface area contributed by atoms with Crippen LogP contribution in [0.1, 0.15) is 39.0 Å². The number of hydrogen-bond donors (Lipinski definition) is 1. The molecule has 6 nitrogen and oxygen atoms in total. The summed E-state index contributed by atoms with van der Waals surface area (Å²) in [6, 6.07) is -0.367. The van der Waals surface area contributed by atoms with Crippen LogP contribution in [0, 0.1) is 0 Å². The molecule has 106 valence electrons. The highest BCUT2D eigenvalue weighted by Crippen LogP contribution is 2.22. The average Bonchev–Trinajstić information content (AvgIpc) is 3.10. The van der Waals surface area contributed by atoms with Gasteiger partial charge in [-0.25, -0.2) is 0 Å². The summed E-state index contributed by atoms with van der Waals surface area (Å²) in [6.45, 7) is 3.93. The fraction of sp³-hybridized carbons (Fsp3) is 0.769. The van der Waals surface area contributed by atoms with E-state index < -0.39 is 0 Å². The first-order valence-electron chi connectivity index (χ1n) is 6.99. The van der Waals surface area contributed by atoms with Gasteiger partial charge in [0, 0.05) is 19.6 Å². The van der Waals surface area contributed by atoms with Crippen LogP contribution in [0.25, 0.3) is 0 Å². The van der Waals surface area contributed by atoms with Crippen molar-refractivity contribution < 1.29 is 14.8 Å². The Morgan fingerprint density at radius 2 is 1.89 bits per heavy atom. The van der Waals surface area contributed by atoms with Gasteiger partial charge < -0.3 is 15.0 Å². The zero-order valence-electron chi connectivity index (χ0n) is 11.3. The predicted octanol–water partition coefficient (Wildman–Crippen LogP) is 0.840. The molecule has 6 heteroatoms. The van der Waals surface area contributed by atoms with Gasteiger partial charge in [0.2, 0.25) is 5.91 Å². The largest absolute Gasteiger partial charge is 0.410 e. The van der Waals surface area contributed by atoms with E-state index in [0.29, 0.717) is 19.4 Å². The second kappa shape index (κ2) is 6.04. The van der Waals surface area contributed by atoms with Gasteiger partial charge in [0.25, 0.3) is 5.91 Å². The molecule has 2 fully saturated rings. The molecular weight excluding hydrogens is 246 g/mol. The fourth-order valence-corrected chi connectivity index (χ4v) is 2.85. The van der Waals surface area contributed by atoms with Gasteiger partial charge in [0.1, 0.15) is 11.8 Å². The third-order valence-electron chi connectivity index (χ3n) is 3.92. The summed E-state index contributed by atoms with van der Waals surface area (Å²) in [4.78, 5) is 28.0. The van der Waals surface area contributed by atoms with Gasteiger partial charge in [0.05, 0.1) is 0 Å². The molecule has 1 N–H and O–H groups in total. The van der Waals surface area contributed by atoms with Crippen molar-refractivity contribution in [2.45, 2.75) is 45.1 Å². The van der Waals surface area contributed by atoms with E-state index in [1.54, 1.807) is 11.8 Å². The van der Waals surface area contributed by atoms with Crippen molar-refractivity contribution in [3.8, 4) is 0 Å². The standard InChI is InChI=1S/C13H21N3O3/c1-2-10(14-19)12(17)16-9-5-6-11(16)13(18)15-7-3-4-8-15/h11,19H,2-9H2,1H3/b14-10+/t11-/m0/s1. The van der Waals surface area contributed by atoms with Crippen molar-refractivity contribution in [2.75, 3.05) is 19.6 Å². The quantitative estimate of drug-likeness (QED) is 0.468. The first kappa shape index (κ1) is 13.8. The molecule has 0 unspecified atom stereocenters. The molecule has 2 rings (SSSR count). The number of amides is 2. The smallest absolute Gasteiger partial charge is 0.272 e. The lowest BCUT2D eigenvalue weighted by Gasteiger charge is -2.27. The van der Waals surface area contributed by atoms with Gasteiger partial charge >= 0.3 is 0 Å². The molecule has 0 bridgehead atoms. The van der Waals surface area contributed by atoms with Gasteiger partial charge in [0.15, 0.2) is 0 Å². The van der Waals surface area contributed by atoms with Crippen molar-refractivity contribution in [1.29, 1.82) is 0 Å². The van der Waals surface area contributed by atoms with Crippen LogP contribution in [0.5, 0.6) is 0 Å². The monoisotopic (exact) mass is 267 g/mol. The van der Waals surface area contributed by atoms with Crippen LogP contribution in [-0.2, 0) is 9.59 Å². The zero-order chi connectivity index (χ0) is 13.8.